The Morgan fingerprint density at radius 1 is 1.28 bits per heavy atom. The first-order valence-electron chi connectivity index (χ1n) is 4.86. The molecule has 8 heteroatoms. The van der Waals surface area contributed by atoms with E-state index in [0.717, 1.165) is 12.1 Å². The lowest BCUT2D eigenvalue weighted by molar-refractivity contribution is 0.602. The van der Waals surface area contributed by atoms with Crippen LogP contribution in [0.5, 0.6) is 0 Å². The summed E-state index contributed by atoms with van der Waals surface area (Å²) in [6, 6.07) is 4.89. The van der Waals surface area contributed by atoms with Gasteiger partial charge in [0.2, 0.25) is 0 Å². The molecule has 2 rings (SSSR count). The smallest absolute Gasteiger partial charge is 0.306 e. The van der Waals surface area contributed by atoms with Crippen LogP contribution in [0.4, 0.5) is 10.1 Å². The number of anilines is 1. The number of nitrogens with one attached hydrogen (secondary N) is 2. The summed E-state index contributed by atoms with van der Waals surface area (Å²) in [5, 5.41) is 0. The zero-order valence-electron chi connectivity index (χ0n) is 9.23. The Hall–Kier alpha value is -1.67. The first kappa shape index (κ1) is 12.8. The van der Waals surface area contributed by atoms with Gasteiger partial charge in [-0.25, -0.2) is 12.8 Å². The molecule has 0 spiro atoms. The van der Waals surface area contributed by atoms with E-state index in [1.807, 2.05) is 0 Å². The lowest BCUT2D eigenvalue weighted by atomic mass is 10.3. The molecule has 96 valence electrons. The van der Waals surface area contributed by atoms with E-state index in [2.05, 4.69) is 9.71 Å². The highest BCUT2D eigenvalue weighted by Crippen LogP contribution is 2.20. The minimum Gasteiger partial charge on any atom is -0.315 e. The number of aromatic amines is 1. The molecule has 0 bridgehead atoms. The number of hydrogen-bond donors (Lipinski definition) is 2. The van der Waals surface area contributed by atoms with Gasteiger partial charge in [0.05, 0.1) is 0 Å². The number of halogens is 1. The average Bonchev–Trinajstić information content (AvgIpc) is 2.62. The van der Waals surface area contributed by atoms with Gasteiger partial charge < -0.3 is 4.98 Å². The second kappa shape index (κ2) is 4.54. The maximum atomic E-state index is 12.7. The van der Waals surface area contributed by atoms with Crippen molar-refractivity contribution >= 4 is 27.0 Å². The summed E-state index contributed by atoms with van der Waals surface area (Å²) in [5.41, 5.74) is 0.510. The number of aryl methyl sites for hydroxylation is 1. The average molecular weight is 288 g/mol. The van der Waals surface area contributed by atoms with Gasteiger partial charge in [-0.1, -0.05) is 11.3 Å². The quantitative estimate of drug-likeness (QED) is 0.902. The van der Waals surface area contributed by atoms with Crippen molar-refractivity contribution in [3.63, 3.8) is 0 Å². The minimum absolute atomic E-state index is 0.0724. The fraction of sp³-hybridized carbons (Fsp3) is 0.100. The molecule has 2 N–H and O–H groups in total. The molecule has 0 aliphatic rings. The summed E-state index contributed by atoms with van der Waals surface area (Å²) < 4.78 is 38.8. The summed E-state index contributed by atoms with van der Waals surface area (Å²) in [6.07, 6.45) is 0. The highest BCUT2D eigenvalue weighted by Gasteiger charge is 2.20. The zero-order valence-corrected chi connectivity index (χ0v) is 10.9. The molecule has 0 unspecified atom stereocenters. The number of aromatic nitrogens is 1. The van der Waals surface area contributed by atoms with Crippen LogP contribution in [0.25, 0.3) is 0 Å². The van der Waals surface area contributed by atoms with E-state index in [1.165, 1.54) is 19.1 Å². The lowest BCUT2D eigenvalue weighted by Crippen LogP contribution is -2.12. The van der Waals surface area contributed by atoms with E-state index < -0.39 is 20.7 Å². The van der Waals surface area contributed by atoms with E-state index >= 15 is 0 Å². The van der Waals surface area contributed by atoms with Crippen molar-refractivity contribution < 1.29 is 12.8 Å². The van der Waals surface area contributed by atoms with Gasteiger partial charge in [-0.15, -0.1) is 0 Å². The lowest BCUT2D eigenvalue weighted by Gasteiger charge is -2.06. The third kappa shape index (κ3) is 2.59. The van der Waals surface area contributed by atoms with Crippen LogP contribution in [0.15, 0.2) is 33.3 Å². The van der Waals surface area contributed by atoms with Gasteiger partial charge in [0.15, 0.2) is 4.21 Å². The van der Waals surface area contributed by atoms with Crippen molar-refractivity contribution in [2.45, 2.75) is 11.1 Å². The molecule has 0 saturated carbocycles. The number of thiazole rings is 1. The highest BCUT2D eigenvalue weighted by molar-refractivity contribution is 7.94. The first-order valence-corrected chi connectivity index (χ1v) is 7.16. The van der Waals surface area contributed by atoms with Crippen LogP contribution in [0, 0.1) is 12.7 Å². The summed E-state index contributed by atoms with van der Waals surface area (Å²) in [5.74, 6) is -0.458. The van der Waals surface area contributed by atoms with E-state index in [1.54, 1.807) is 0 Å². The van der Waals surface area contributed by atoms with Gasteiger partial charge in [-0.2, -0.15) is 0 Å². The topological polar surface area (TPSA) is 79.0 Å². The van der Waals surface area contributed by atoms with E-state index in [9.17, 15) is 17.6 Å². The maximum Gasteiger partial charge on any atom is 0.306 e. The van der Waals surface area contributed by atoms with Gasteiger partial charge in [0, 0.05) is 11.4 Å². The Morgan fingerprint density at radius 3 is 2.39 bits per heavy atom. The van der Waals surface area contributed by atoms with E-state index in [4.69, 9.17) is 0 Å². The van der Waals surface area contributed by atoms with Crippen LogP contribution in [0.1, 0.15) is 5.69 Å². The molecule has 0 aliphatic heterocycles. The Balaban J connectivity index is 2.36. The summed E-state index contributed by atoms with van der Waals surface area (Å²) in [7, 11) is -3.82. The maximum absolute atomic E-state index is 12.7. The van der Waals surface area contributed by atoms with Crippen molar-refractivity contribution in [3.05, 3.63) is 45.4 Å². The van der Waals surface area contributed by atoms with Crippen LogP contribution in [0.3, 0.4) is 0 Å². The molecule has 0 amide bonds. The monoisotopic (exact) mass is 288 g/mol. The molecule has 18 heavy (non-hydrogen) atoms. The second-order valence-corrected chi connectivity index (χ2v) is 6.40. The molecule has 0 aliphatic carbocycles. The van der Waals surface area contributed by atoms with Gasteiger partial charge in [-0.3, -0.25) is 9.52 Å². The van der Waals surface area contributed by atoms with Crippen LogP contribution >= 0.6 is 11.3 Å². The fourth-order valence-electron chi connectivity index (χ4n) is 1.37. The Labute approximate surface area is 106 Å². The van der Waals surface area contributed by atoms with Crippen LogP contribution < -0.4 is 9.60 Å². The molecule has 0 saturated heterocycles. The summed E-state index contributed by atoms with van der Waals surface area (Å²) >= 11 is 0.608. The van der Waals surface area contributed by atoms with Gasteiger partial charge in [0.1, 0.15) is 5.82 Å². The Morgan fingerprint density at radius 2 is 1.89 bits per heavy atom. The van der Waals surface area contributed by atoms with Crippen LogP contribution in [0.2, 0.25) is 0 Å². The molecular weight excluding hydrogens is 279 g/mol. The predicted molar refractivity (Wildman–Crippen MR) is 66.9 cm³/mol. The van der Waals surface area contributed by atoms with Crippen molar-refractivity contribution in [3.8, 4) is 0 Å². The normalized spacial score (nSPS) is 11.4. The van der Waals surface area contributed by atoms with Crippen molar-refractivity contribution in [2.75, 3.05) is 4.72 Å². The molecule has 5 nitrogen and oxygen atoms in total. The predicted octanol–water partition coefficient (Wildman–Crippen LogP) is 1.68. The highest BCUT2D eigenvalue weighted by atomic mass is 32.2. The SMILES string of the molecule is Cc1[nH]c(=O)sc1S(=O)(=O)Nc1ccc(F)cc1. The molecular formula is C10H9FN2O3S2. The molecule has 1 aromatic heterocycles. The van der Waals surface area contributed by atoms with Crippen molar-refractivity contribution in [1.82, 2.24) is 4.98 Å². The molecule has 1 aromatic carbocycles. The number of hydrogen-bond acceptors (Lipinski definition) is 4. The number of benzene rings is 1. The summed E-state index contributed by atoms with van der Waals surface area (Å²) in [6.45, 7) is 1.50. The third-order valence-electron chi connectivity index (χ3n) is 2.12. The molecule has 1 heterocycles. The van der Waals surface area contributed by atoms with E-state index in [0.29, 0.717) is 11.3 Å². The molecule has 0 atom stereocenters. The van der Waals surface area contributed by atoms with Crippen LogP contribution in [-0.2, 0) is 10.0 Å². The third-order valence-corrected chi connectivity index (χ3v) is 5.11. The second-order valence-electron chi connectivity index (χ2n) is 3.54. The van der Waals surface area contributed by atoms with Crippen molar-refractivity contribution in [1.29, 1.82) is 0 Å². The van der Waals surface area contributed by atoms with Gasteiger partial charge in [0.25, 0.3) is 10.0 Å². The number of rotatable bonds is 3. The Kier molecular flexibility index (Phi) is 3.22. The number of H-pyrrole nitrogens is 1. The molecule has 2 aromatic rings. The standard InChI is InChI=1S/C10H9FN2O3S2/c1-6-9(17-10(14)12-6)18(15,16)13-8-4-2-7(11)3-5-8/h2-5,13H,1H3,(H,12,14). The zero-order chi connectivity index (χ0) is 13.3. The molecule has 0 fully saturated rings. The van der Waals surface area contributed by atoms with E-state index in [-0.39, 0.29) is 15.6 Å². The van der Waals surface area contributed by atoms with Crippen LogP contribution in [-0.4, -0.2) is 13.4 Å². The minimum atomic E-state index is -3.82. The largest absolute Gasteiger partial charge is 0.315 e. The Bertz CT molecular complexity index is 716. The van der Waals surface area contributed by atoms with Gasteiger partial charge in [-0.05, 0) is 31.2 Å². The summed E-state index contributed by atoms with van der Waals surface area (Å²) in [4.78, 5) is 13.0. The first-order chi connectivity index (χ1) is 8.38. The fourth-order valence-corrected chi connectivity index (χ4v) is 3.73. The van der Waals surface area contributed by atoms with Crippen molar-refractivity contribution in [2.24, 2.45) is 0 Å². The molecule has 0 radical (unpaired) electrons. The van der Waals surface area contributed by atoms with Gasteiger partial charge >= 0.3 is 4.87 Å². The number of sulfonamides is 1.